The number of benzene rings is 1. The Balaban J connectivity index is 2.75. The highest BCUT2D eigenvalue weighted by Crippen LogP contribution is 2.31. The molecule has 0 saturated carbocycles. The molecule has 1 aromatic heterocycles. The van der Waals surface area contributed by atoms with Gasteiger partial charge < -0.3 is 9.47 Å². The number of hydrogen-bond donors (Lipinski definition) is 0. The standard InChI is InChI=1S/C13H12ClNO3/c1-7(16)9-4-8-5-10(14)12(17-2)6-11(8)15-13(9)18-3/h4-6H,1-3H3. The Morgan fingerprint density at radius 3 is 2.50 bits per heavy atom. The first-order chi connectivity index (χ1) is 8.56. The van der Waals surface area contributed by atoms with E-state index in [1.807, 2.05) is 0 Å². The molecular weight excluding hydrogens is 254 g/mol. The molecular formula is C13H12ClNO3. The Bertz CT molecular complexity index is 625. The minimum Gasteiger partial charge on any atom is -0.495 e. The SMILES string of the molecule is COc1cc2nc(OC)c(C(C)=O)cc2cc1Cl. The molecule has 4 nitrogen and oxygen atoms in total. The number of aromatic nitrogens is 1. The summed E-state index contributed by atoms with van der Waals surface area (Å²) < 4.78 is 10.2. The molecule has 0 amide bonds. The van der Waals surface area contributed by atoms with E-state index < -0.39 is 0 Å². The molecule has 94 valence electrons. The number of ether oxygens (including phenoxy) is 2. The molecule has 0 unspecified atom stereocenters. The highest BCUT2D eigenvalue weighted by Gasteiger charge is 2.13. The summed E-state index contributed by atoms with van der Waals surface area (Å²) in [6, 6.07) is 5.15. The zero-order valence-electron chi connectivity index (χ0n) is 10.3. The van der Waals surface area contributed by atoms with E-state index in [0.717, 1.165) is 5.39 Å². The number of methoxy groups -OCH3 is 2. The summed E-state index contributed by atoms with van der Waals surface area (Å²) in [5, 5.41) is 1.25. The van der Waals surface area contributed by atoms with Gasteiger partial charge in [-0.05, 0) is 19.1 Å². The van der Waals surface area contributed by atoms with Crippen LogP contribution in [0.5, 0.6) is 11.6 Å². The molecule has 0 aliphatic rings. The molecule has 0 fully saturated rings. The van der Waals surface area contributed by atoms with E-state index >= 15 is 0 Å². The molecule has 0 aliphatic carbocycles. The van der Waals surface area contributed by atoms with Gasteiger partial charge >= 0.3 is 0 Å². The van der Waals surface area contributed by atoms with Crippen LogP contribution >= 0.6 is 11.6 Å². The number of ketones is 1. The molecule has 5 heteroatoms. The van der Waals surface area contributed by atoms with Gasteiger partial charge in [-0.2, -0.15) is 0 Å². The van der Waals surface area contributed by atoms with E-state index in [9.17, 15) is 4.79 Å². The predicted octanol–water partition coefficient (Wildman–Crippen LogP) is 3.11. The topological polar surface area (TPSA) is 48.4 Å². The van der Waals surface area contributed by atoms with Gasteiger partial charge in [-0.3, -0.25) is 4.79 Å². The van der Waals surface area contributed by atoms with Crippen molar-refractivity contribution in [2.45, 2.75) is 6.92 Å². The summed E-state index contributed by atoms with van der Waals surface area (Å²) >= 11 is 6.04. The number of carbonyl (C=O) groups excluding carboxylic acids is 1. The number of Topliss-reactive ketones (excluding diaryl/α,β-unsaturated/α-hetero) is 1. The van der Waals surface area contributed by atoms with Crippen molar-refractivity contribution in [1.29, 1.82) is 0 Å². The Kier molecular flexibility index (Phi) is 3.39. The van der Waals surface area contributed by atoms with Gasteiger partial charge in [0.25, 0.3) is 0 Å². The summed E-state index contributed by atoms with van der Waals surface area (Å²) in [5.74, 6) is 0.738. The molecule has 2 aromatic rings. The van der Waals surface area contributed by atoms with Crippen LogP contribution in [0.2, 0.25) is 5.02 Å². The summed E-state index contributed by atoms with van der Waals surface area (Å²) in [5.41, 5.74) is 1.10. The van der Waals surface area contributed by atoms with E-state index in [1.54, 1.807) is 18.2 Å². The average molecular weight is 266 g/mol. The minimum atomic E-state index is -0.104. The zero-order chi connectivity index (χ0) is 13.3. The van der Waals surface area contributed by atoms with Gasteiger partial charge in [-0.1, -0.05) is 11.6 Å². The molecule has 0 N–H and O–H groups in total. The maximum atomic E-state index is 11.5. The van der Waals surface area contributed by atoms with Crippen LogP contribution in [0.3, 0.4) is 0 Å². The molecule has 0 atom stereocenters. The highest BCUT2D eigenvalue weighted by atomic mass is 35.5. The number of carbonyl (C=O) groups is 1. The molecule has 0 spiro atoms. The summed E-state index contributed by atoms with van der Waals surface area (Å²) in [4.78, 5) is 15.8. The van der Waals surface area contributed by atoms with Crippen molar-refractivity contribution in [3.05, 3.63) is 28.8 Å². The molecule has 0 bridgehead atoms. The first-order valence-electron chi connectivity index (χ1n) is 5.30. The summed E-state index contributed by atoms with van der Waals surface area (Å²) in [6.07, 6.45) is 0. The molecule has 0 radical (unpaired) electrons. The number of fused-ring (bicyclic) bond motifs is 1. The van der Waals surface area contributed by atoms with Crippen molar-refractivity contribution in [2.24, 2.45) is 0 Å². The average Bonchev–Trinajstić information content (AvgIpc) is 2.36. The highest BCUT2D eigenvalue weighted by molar-refractivity contribution is 6.32. The second-order valence-corrected chi connectivity index (χ2v) is 4.19. The number of nitrogens with zero attached hydrogens (tertiary/aromatic N) is 1. The number of rotatable bonds is 3. The van der Waals surface area contributed by atoms with Gasteiger partial charge in [0, 0.05) is 11.5 Å². The first-order valence-corrected chi connectivity index (χ1v) is 5.68. The number of hydrogen-bond acceptors (Lipinski definition) is 4. The normalized spacial score (nSPS) is 10.4. The molecule has 18 heavy (non-hydrogen) atoms. The number of halogens is 1. The Hall–Kier alpha value is -1.81. The van der Waals surface area contributed by atoms with Gasteiger partial charge in [-0.25, -0.2) is 4.98 Å². The summed E-state index contributed by atoms with van der Waals surface area (Å²) in [7, 11) is 3.02. The number of pyridine rings is 1. The van der Waals surface area contributed by atoms with Gasteiger partial charge in [0.15, 0.2) is 5.78 Å². The lowest BCUT2D eigenvalue weighted by molar-refractivity contribution is 0.101. The van der Waals surface area contributed by atoms with E-state index in [2.05, 4.69) is 4.98 Å². The third kappa shape index (κ3) is 2.11. The lowest BCUT2D eigenvalue weighted by atomic mass is 10.1. The molecule has 0 saturated heterocycles. The fraction of sp³-hybridized carbons (Fsp3) is 0.231. The van der Waals surface area contributed by atoms with Crippen LogP contribution in [0.15, 0.2) is 18.2 Å². The van der Waals surface area contributed by atoms with Crippen LogP contribution in [-0.4, -0.2) is 25.0 Å². The second kappa shape index (κ2) is 4.82. The van der Waals surface area contributed by atoms with Crippen molar-refractivity contribution in [3.8, 4) is 11.6 Å². The van der Waals surface area contributed by atoms with E-state index in [-0.39, 0.29) is 5.78 Å². The maximum Gasteiger partial charge on any atom is 0.224 e. The lowest BCUT2D eigenvalue weighted by Gasteiger charge is -2.09. The van der Waals surface area contributed by atoms with Crippen molar-refractivity contribution >= 4 is 28.3 Å². The zero-order valence-corrected chi connectivity index (χ0v) is 11.0. The van der Waals surface area contributed by atoms with E-state index in [0.29, 0.717) is 27.7 Å². The maximum absolute atomic E-state index is 11.5. The van der Waals surface area contributed by atoms with Gasteiger partial charge in [0.05, 0.1) is 30.3 Å². The fourth-order valence-corrected chi connectivity index (χ4v) is 1.97. The summed E-state index contributed by atoms with van der Waals surface area (Å²) in [6.45, 7) is 1.47. The van der Waals surface area contributed by atoms with Crippen molar-refractivity contribution in [3.63, 3.8) is 0 Å². The van der Waals surface area contributed by atoms with Gasteiger partial charge in [0.2, 0.25) is 5.88 Å². The predicted molar refractivity (Wildman–Crippen MR) is 69.9 cm³/mol. The third-order valence-corrected chi connectivity index (χ3v) is 2.92. The van der Waals surface area contributed by atoms with E-state index in [4.69, 9.17) is 21.1 Å². The van der Waals surface area contributed by atoms with Crippen LogP contribution in [0, 0.1) is 0 Å². The monoisotopic (exact) mass is 265 g/mol. The largest absolute Gasteiger partial charge is 0.495 e. The van der Waals surface area contributed by atoms with Crippen molar-refractivity contribution in [1.82, 2.24) is 4.98 Å². The quantitative estimate of drug-likeness (QED) is 0.800. The Morgan fingerprint density at radius 1 is 1.22 bits per heavy atom. The van der Waals surface area contributed by atoms with Crippen LogP contribution in [-0.2, 0) is 0 Å². The molecule has 1 aromatic carbocycles. The van der Waals surface area contributed by atoms with Crippen LogP contribution in [0.25, 0.3) is 10.9 Å². The Morgan fingerprint density at radius 2 is 1.94 bits per heavy atom. The van der Waals surface area contributed by atoms with Crippen molar-refractivity contribution < 1.29 is 14.3 Å². The molecule has 1 heterocycles. The first kappa shape index (κ1) is 12.6. The van der Waals surface area contributed by atoms with Crippen LogP contribution in [0.1, 0.15) is 17.3 Å². The lowest BCUT2D eigenvalue weighted by Crippen LogP contribution is -2.00. The smallest absolute Gasteiger partial charge is 0.224 e. The fourth-order valence-electron chi connectivity index (χ4n) is 1.72. The minimum absolute atomic E-state index is 0.104. The molecule has 0 aliphatic heterocycles. The molecule has 2 rings (SSSR count). The van der Waals surface area contributed by atoms with Crippen LogP contribution < -0.4 is 9.47 Å². The van der Waals surface area contributed by atoms with Gasteiger partial charge in [-0.15, -0.1) is 0 Å². The van der Waals surface area contributed by atoms with Crippen molar-refractivity contribution in [2.75, 3.05) is 14.2 Å². The van der Waals surface area contributed by atoms with Gasteiger partial charge in [0.1, 0.15) is 5.75 Å². The third-order valence-electron chi connectivity index (χ3n) is 2.63. The van der Waals surface area contributed by atoms with E-state index in [1.165, 1.54) is 21.1 Å². The van der Waals surface area contributed by atoms with Crippen LogP contribution in [0.4, 0.5) is 0 Å². The Labute approximate surface area is 109 Å². The second-order valence-electron chi connectivity index (χ2n) is 3.78.